The number of rotatable bonds is 5. The van der Waals surface area contributed by atoms with Gasteiger partial charge in [0.25, 0.3) is 5.91 Å². The van der Waals surface area contributed by atoms with Crippen molar-refractivity contribution in [1.82, 2.24) is 5.32 Å². The first-order chi connectivity index (χ1) is 8.81. The summed E-state index contributed by atoms with van der Waals surface area (Å²) in [5.74, 6) is -2.69. The molecule has 0 bridgehead atoms. The molecule has 0 aliphatic heterocycles. The largest absolute Gasteiger partial charge is 0.480 e. The van der Waals surface area contributed by atoms with Gasteiger partial charge < -0.3 is 16.2 Å². The lowest BCUT2D eigenvalue weighted by atomic mass is 10.1. The van der Waals surface area contributed by atoms with Gasteiger partial charge in [-0.25, -0.2) is 4.79 Å². The molecule has 8 heteroatoms. The molecule has 4 N–H and O–H groups in total. The van der Waals surface area contributed by atoms with Crippen molar-refractivity contribution >= 4 is 56.3 Å². The number of aliphatic carboxylic acids is 1. The molecule has 1 aromatic carbocycles. The molecular weight excluding hydrogens is 431 g/mol. The summed E-state index contributed by atoms with van der Waals surface area (Å²) in [6, 6.07) is 3.73. The Labute approximate surface area is 131 Å². The average Bonchev–Trinajstić information content (AvgIpc) is 2.30. The Balaban J connectivity index is 2.90. The number of nitrogens with one attached hydrogen (secondary N) is 1. The Bertz CT molecular complexity index is 535. The highest BCUT2D eigenvalue weighted by atomic mass is 127. The van der Waals surface area contributed by atoms with Gasteiger partial charge in [-0.1, -0.05) is 0 Å². The van der Waals surface area contributed by atoms with E-state index in [0.29, 0.717) is 10.0 Å². The Morgan fingerprint density at radius 3 is 2.58 bits per heavy atom. The molecule has 19 heavy (non-hydrogen) atoms. The van der Waals surface area contributed by atoms with Gasteiger partial charge in [0.1, 0.15) is 6.04 Å². The van der Waals surface area contributed by atoms with E-state index in [4.69, 9.17) is 10.8 Å². The molecule has 0 radical (unpaired) electrons. The first kappa shape index (κ1) is 15.9. The maximum Gasteiger partial charge on any atom is 0.326 e. The third kappa shape index (κ3) is 4.78. The minimum absolute atomic E-state index is 0.294. The molecule has 0 aliphatic carbocycles. The van der Waals surface area contributed by atoms with Gasteiger partial charge in [0, 0.05) is 8.04 Å². The SMILES string of the molecule is NC(=O)C[C@H](NC(=O)c1cc(I)ccc1Br)C(=O)O. The normalized spacial score (nSPS) is 11.7. The van der Waals surface area contributed by atoms with Gasteiger partial charge in [-0.05, 0) is 56.7 Å². The number of nitrogens with two attached hydrogens (primary N) is 1. The fraction of sp³-hybridized carbons (Fsp3) is 0.182. The summed E-state index contributed by atoms with van der Waals surface area (Å²) in [5, 5.41) is 11.2. The van der Waals surface area contributed by atoms with Crippen LogP contribution >= 0.6 is 38.5 Å². The number of carbonyl (C=O) groups excluding carboxylic acids is 2. The van der Waals surface area contributed by atoms with Crippen LogP contribution in [0.2, 0.25) is 0 Å². The fourth-order valence-electron chi connectivity index (χ4n) is 1.31. The van der Waals surface area contributed by atoms with Crippen LogP contribution in [0.1, 0.15) is 16.8 Å². The molecule has 0 unspecified atom stereocenters. The molecule has 0 fully saturated rings. The molecule has 102 valence electrons. The van der Waals surface area contributed by atoms with Gasteiger partial charge in [-0.15, -0.1) is 0 Å². The van der Waals surface area contributed by atoms with E-state index in [1.54, 1.807) is 18.2 Å². The molecule has 0 heterocycles. The second-order valence-corrected chi connectivity index (χ2v) is 5.76. The van der Waals surface area contributed by atoms with Gasteiger partial charge in [-0.2, -0.15) is 0 Å². The van der Waals surface area contributed by atoms with Crippen LogP contribution in [0.25, 0.3) is 0 Å². The molecule has 0 saturated heterocycles. The number of benzene rings is 1. The van der Waals surface area contributed by atoms with Crippen LogP contribution in [0.3, 0.4) is 0 Å². The zero-order valence-corrected chi connectivity index (χ0v) is 13.3. The molecule has 2 amide bonds. The number of amides is 2. The van der Waals surface area contributed by atoms with Crippen LogP contribution in [0.15, 0.2) is 22.7 Å². The second kappa shape index (κ2) is 6.85. The Morgan fingerprint density at radius 2 is 2.05 bits per heavy atom. The van der Waals surface area contributed by atoms with Crippen LogP contribution in [-0.4, -0.2) is 28.9 Å². The Morgan fingerprint density at radius 1 is 1.42 bits per heavy atom. The summed E-state index contributed by atoms with van der Waals surface area (Å²) >= 11 is 5.24. The van der Waals surface area contributed by atoms with E-state index in [0.717, 1.165) is 3.57 Å². The van der Waals surface area contributed by atoms with Gasteiger partial charge in [0.2, 0.25) is 5.91 Å². The van der Waals surface area contributed by atoms with Crippen molar-refractivity contribution in [3.63, 3.8) is 0 Å². The first-order valence-corrected chi connectivity index (χ1v) is 6.95. The van der Waals surface area contributed by atoms with E-state index in [2.05, 4.69) is 21.2 Å². The first-order valence-electron chi connectivity index (χ1n) is 5.08. The third-order valence-electron chi connectivity index (χ3n) is 2.18. The van der Waals surface area contributed by atoms with Crippen LogP contribution < -0.4 is 11.1 Å². The number of hydrogen-bond acceptors (Lipinski definition) is 3. The van der Waals surface area contributed by atoms with Gasteiger partial charge >= 0.3 is 5.97 Å². The monoisotopic (exact) mass is 440 g/mol. The van der Waals surface area contributed by atoms with Crippen molar-refractivity contribution in [2.24, 2.45) is 5.73 Å². The number of carbonyl (C=O) groups is 3. The maximum atomic E-state index is 12.0. The summed E-state index contributed by atoms with van der Waals surface area (Å²) in [6.07, 6.45) is -0.456. The Hall–Kier alpha value is -1.16. The summed E-state index contributed by atoms with van der Waals surface area (Å²) in [4.78, 5) is 33.6. The lowest BCUT2D eigenvalue weighted by molar-refractivity contribution is -0.140. The highest BCUT2D eigenvalue weighted by Gasteiger charge is 2.23. The van der Waals surface area contributed by atoms with Gasteiger partial charge in [0.05, 0.1) is 12.0 Å². The number of carboxylic acids is 1. The molecular formula is C11H10BrIN2O4. The fourth-order valence-corrected chi connectivity index (χ4v) is 2.23. The molecule has 1 aromatic rings. The zero-order chi connectivity index (χ0) is 14.6. The Kier molecular flexibility index (Phi) is 5.73. The predicted molar refractivity (Wildman–Crippen MR) is 79.6 cm³/mol. The standard InChI is InChI=1S/C11H10BrIN2O4/c12-7-2-1-5(13)3-6(7)10(17)15-8(11(18)19)4-9(14)16/h1-3,8H,4H2,(H2,14,16)(H,15,17)(H,18,19)/t8-/m0/s1. The van der Waals surface area contributed by atoms with Crippen LogP contribution in [0, 0.1) is 3.57 Å². The van der Waals surface area contributed by atoms with E-state index in [1.165, 1.54) is 0 Å². The average molecular weight is 441 g/mol. The van der Waals surface area contributed by atoms with E-state index in [9.17, 15) is 14.4 Å². The number of hydrogen-bond donors (Lipinski definition) is 3. The molecule has 0 spiro atoms. The molecule has 6 nitrogen and oxygen atoms in total. The molecule has 0 aromatic heterocycles. The summed E-state index contributed by atoms with van der Waals surface area (Å²) < 4.78 is 1.36. The smallest absolute Gasteiger partial charge is 0.326 e. The van der Waals surface area contributed by atoms with Crippen molar-refractivity contribution in [2.45, 2.75) is 12.5 Å². The lowest BCUT2D eigenvalue weighted by Crippen LogP contribution is -2.43. The number of carboxylic acid groups (broad SMARTS) is 1. The van der Waals surface area contributed by atoms with Crippen LogP contribution in [0.5, 0.6) is 0 Å². The molecule has 0 saturated carbocycles. The van der Waals surface area contributed by atoms with Crippen molar-refractivity contribution in [3.05, 3.63) is 31.8 Å². The minimum Gasteiger partial charge on any atom is -0.480 e. The van der Waals surface area contributed by atoms with E-state index in [1.807, 2.05) is 22.6 Å². The van der Waals surface area contributed by atoms with Crippen molar-refractivity contribution in [2.75, 3.05) is 0 Å². The topological polar surface area (TPSA) is 109 Å². The summed E-state index contributed by atoms with van der Waals surface area (Å²) in [5.41, 5.74) is 5.23. The van der Waals surface area contributed by atoms with E-state index in [-0.39, 0.29) is 0 Å². The maximum absolute atomic E-state index is 12.0. The number of primary amides is 1. The van der Waals surface area contributed by atoms with E-state index < -0.39 is 30.2 Å². The highest BCUT2D eigenvalue weighted by Crippen LogP contribution is 2.19. The minimum atomic E-state index is -1.34. The third-order valence-corrected chi connectivity index (χ3v) is 3.54. The van der Waals surface area contributed by atoms with Gasteiger partial charge in [0.15, 0.2) is 0 Å². The molecule has 1 atom stereocenters. The van der Waals surface area contributed by atoms with E-state index >= 15 is 0 Å². The second-order valence-electron chi connectivity index (χ2n) is 3.66. The zero-order valence-electron chi connectivity index (χ0n) is 9.52. The quantitative estimate of drug-likeness (QED) is 0.596. The van der Waals surface area contributed by atoms with Crippen molar-refractivity contribution in [3.8, 4) is 0 Å². The van der Waals surface area contributed by atoms with Gasteiger partial charge in [-0.3, -0.25) is 9.59 Å². The van der Waals surface area contributed by atoms with Crippen molar-refractivity contribution in [1.29, 1.82) is 0 Å². The van der Waals surface area contributed by atoms with Crippen LogP contribution in [0.4, 0.5) is 0 Å². The predicted octanol–water partition coefficient (Wildman–Crippen LogP) is 1.11. The summed E-state index contributed by atoms with van der Waals surface area (Å²) in [6.45, 7) is 0. The number of halogens is 2. The summed E-state index contributed by atoms with van der Waals surface area (Å²) in [7, 11) is 0. The molecule has 1 rings (SSSR count). The van der Waals surface area contributed by atoms with Crippen LogP contribution in [-0.2, 0) is 9.59 Å². The molecule has 0 aliphatic rings. The van der Waals surface area contributed by atoms with Crippen molar-refractivity contribution < 1.29 is 19.5 Å². The highest BCUT2D eigenvalue weighted by molar-refractivity contribution is 14.1. The lowest BCUT2D eigenvalue weighted by Gasteiger charge is -2.13.